The number of hydrogen-bond donors (Lipinski definition) is 0. The molecule has 2 aromatic rings. The van der Waals surface area contributed by atoms with E-state index in [1.807, 2.05) is 0 Å². The van der Waals surface area contributed by atoms with Crippen molar-refractivity contribution < 1.29 is 14.4 Å². The highest BCUT2D eigenvalue weighted by Crippen LogP contribution is 2.37. The van der Waals surface area contributed by atoms with Crippen LogP contribution >= 0.6 is 46.4 Å². The van der Waals surface area contributed by atoms with Gasteiger partial charge in [-0.3, -0.25) is 9.59 Å². The Hall–Kier alpha value is -1.79. The molecule has 0 spiro atoms. The minimum absolute atomic E-state index is 0.281. The second-order valence-corrected chi connectivity index (χ2v) is 7.44. The van der Waals surface area contributed by atoms with E-state index in [0.717, 1.165) is 4.90 Å². The summed E-state index contributed by atoms with van der Waals surface area (Å²) in [6, 6.07) is 9.31. The maximum Gasteiger partial charge on any atom is 0.278 e. The second kappa shape index (κ2) is 6.43. The third-order valence-electron chi connectivity index (χ3n) is 4.13. The summed E-state index contributed by atoms with van der Waals surface area (Å²) in [5, 5.41) is 5.22. The van der Waals surface area contributed by atoms with Crippen LogP contribution in [-0.4, -0.2) is 23.6 Å². The molecule has 4 rings (SSSR count). The van der Waals surface area contributed by atoms with Gasteiger partial charge < -0.3 is 4.84 Å². The molecule has 5 nitrogen and oxygen atoms in total. The van der Waals surface area contributed by atoms with Gasteiger partial charge in [0.25, 0.3) is 5.91 Å². The molecule has 2 heterocycles. The van der Waals surface area contributed by atoms with Crippen LogP contribution < -0.4 is 4.90 Å². The zero-order valence-corrected chi connectivity index (χ0v) is 15.8. The molecular formula is C17H8Cl4N2O3. The van der Waals surface area contributed by atoms with Crippen molar-refractivity contribution in [1.29, 1.82) is 0 Å². The van der Waals surface area contributed by atoms with Crippen molar-refractivity contribution >= 4 is 69.6 Å². The molecule has 0 bridgehead atoms. The van der Waals surface area contributed by atoms with Gasteiger partial charge in [-0.1, -0.05) is 57.6 Å². The maximum absolute atomic E-state index is 13.0. The van der Waals surface area contributed by atoms with Gasteiger partial charge in [0.2, 0.25) is 12.0 Å². The Kier molecular flexibility index (Phi) is 4.35. The zero-order chi connectivity index (χ0) is 18.6. The Morgan fingerprint density at radius 1 is 0.885 bits per heavy atom. The molecule has 0 saturated carbocycles. The van der Waals surface area contributed by atoms with Crippen LogP contribution in [0.5, 0.6) is 0 Å². The molecular weight excluding hydrogens is 422 g/mol. The van der Waals surface area contributed by atoms with Gasteiger partial charge >= 0.3 is 0 Å². The van der Waals surface area contributed by atoms with E-state index in [9.17, 15) is 9.59 Å². The lowest BCUT2D eigenvalue weighted by atomic mass is 9.94. The van der Waals surface area contributed by atoms with Crippen LogP contribution in [0.3, 0.4) is 0 Å². The Morgan fingerprint density at radius 3 is 2.23 bits per heavy atom. The second-order valence-electron chi connectivity index (χ2n) is 5.75. The lowest BCUT2D eigenvalue weighted by molar-refractivity contribution is -0.126. The average Bonchev–Trinajstić information content (AvgIpc) is 3.10. The number of carbonyl (C=O) groups is 2. The minimum Gasteiger partial charge on any atom is -0.381 e. The van der Waals surface area contributed by atoms with E-state index in [0.29, 0.717) is 31.4 Å². The van der Waals surface area contributed by atoms with Gasteiger partial charge in [-0.05, 0) is 30.3 Å². The third-order valence-corrected chi connectivity index (χ3v) is 5.31. The van der Waals surface area contributed by atoms with Crippen LogP contribution in [0.25, 0.3) is 0 Å². The van der Waals surface area contributed by atoms with Crippen LogP contribution in [0.2, 0.25) is 20.1 Å². The van der Waals surface area contributed by atoms with Crippen molar-refractivity contribution in [3.63, 3.8) is 0 Å². The van der Waals surface area contributed by atoms with Crippen LogP contribution in [0.15, 0.2) is 41.6 Å². The molecule has 26 heavy (non-hydrogen) atoms. The molecule has 0 aromatic heterocycles. The molecule has 0 radical (unpaired) electrons. The summed E-state index contributed by atoms with van der Waals surface area (Å²) < 4.78 is 0. The molecule has 2 aliphatic heterocycles. The number of halogens is 4. The number of fused-ring (bicyclic) bond motifs is 1. The highest BCUT2D eigenvalue weighted by molar-refractivity contribution is 6.42. The van der Waals surface area contributed by atoms with Gasteiger partial charge in [0.15, 0.2) is 0 Å². The van der Waals surface area contributed by atoms with Crippen LogP contribution in [0.1, 0.15) is 5.56 Å². The summed E-state index contributed by atoms with van der Waals surface area (Å²) in [4.78, 5) is 31.9. The minimum atomic E-state index is -1.04. The first-order valence-electron chi connectivity index (χ1n) is 7.40. The molecule has 132 valence electrons. The van der Waals surface area contributed by atoms with Crippen LogP contribution in [-0.2, 0) is 14.4 Å². The molecule has 2 atom stereocenters. The predicted octanol–water partition coefficient (Wildman–Crippen LogP) is 4.59. The molecule has 0 N–H and O–H groups in total. The van der Waals surface area contributed by atoms with Crippen molar-refractivity contribution in [2.24, 2.45) is 11.1 Å². The fourth-order valence-electron chi connectivity index (χ4n) is 2.99. The number of carbonyl (C=O) groups excluding carboxylic acids is 2. The monoisotopic (exact) mass is 428 g/mol. The highest BCUT2D eigenvalue weighted by atomic mass is 35.5. The van der Waals surface area contributed by atoms with Crippen molar-refractivity contribution in [1.82, 2.24) is 0 Å². The van der Waals surface area contributed by atoms with E-state index in [1.165, 1.54) is 18.2 Å². The number of oxime groups is 1. The van der Waals surface area contributed by atoms with E-state index >= 15 is 0 Å². The summed E-state index contributed by atoms with van der Waals surface area (Å²) in [6.07, 6.45) is -1.04. The quantitative estimate of drug-likeness (QED) is 0.655. The predicted molar refractivity (Wildman–Crippen MR) is 100 cm³/mol. The van der Waals surface area contributed by atoms with Crippen molar-refractivity contribution in [3.8, 4) is 0 Å². The van der Waals surface area contributed by atoms with Gasteiger partial charge in [-0.15, -0.1) is 0 Å². The number of rotatable bonds is 2. The number of amides is 2. The topological polar surface area (TPSA) is 59.0 Å². The molecule has 2 aliphatic rings. The fourth-order valence-corrected chi connectivity index (χ4v) is 3.81. The summed E-state index contributed by atoms with van der Waals surface area (Å²) in [6.45, 7) is 0. The largest absolute Gasteiger partial charge is 0.381 e. The van der Waals surface area contributed by atoms with Gasteiger partial charge in [-0.25, -0.2) is 4.90 Å². The molecule has 2 aromatic carbocycles. The standard InChI is InChI=1S/C17H8Cl4N2O3/c18-8-4-9(19)6-10(5-8)23-16(24)13-14(22-26-15(13)17(23)25)7-1-2-11(20)12(21)3-7/h1-6,13,15H/t13-,15+/m0/s1. The van der Waals surface area contributed by atoms with E-state index < -0.39 is 23.8 Å². The fraction of sp³-hybridized carbons (Fsp3) is 0.118. The number of hydrogen-bond acceptors (Lipinski definition) is 4. The van der Waals surface area contributed by atoms with Gasteiger partial charge in [-0.2, -0.15) is 0 Å². The smallest absolute Gasteiger partial charge is 0.278 e. The Bertz CT molecular complexity index is 972. The van der Waals surface area contributed by atoms with Gasteiger partial charge in [0.05, 0.1) is 15.7 Å². The molecule has 1 saturated heterocycles. The molecule has 0 aliphatic carbocycles. The molecule has 9 heteroatoms. The SMILES string of the molecule is O=C1[C@H]2C(c3ccc(Cl)c(Cl)c3)=NO[C@H]2C(=O)N1c1cc(Cl)cc(Cl)c1. The normalized spacial score (nSPS) is 21.7. The highest BCUT2D eigenvalue weighted by Gasteiger charge is 2.56. The number of nitrogens with zero attached hydrogens (tertiary/aromatic N) is 2. The first-order chi connectivity index (χ1) is 12.4. The van der Waals surface area contributed by atoms with E-state index in [2.05, 4.69) is 5.16 Å². The summed E-state index contributed by atoms with van der Waals surface area (Å²) in [5.41, 5.74) is 1.16. The summed E-state index contributed by atoms with van der Waals surface area (Å²) >= 11 is 23.9. The van der Waals surface area contributed by atoms with Crippen LogP contribution in [0.4, 0.5) is 5.69 Å². The summed E-state index contributed by atoms with van der Waals surface area (Å²) in [5.74, 6) is -1.88. The average molecular weight is 430 g/mol. The number of imide groups is 1. The van der Waals surface area contributed by atoms with Crippen molar-refractivity contribution in [2.75, 3.05) is 4.90 Å². The first kappa shape index (κ1) is 17.6. The third kappa shape index (κ3) is 2.76. The Labute approximate surface area is 168 Å². The van der Waals surface area contributed by atoms with E-state index in [4.69, 9.17) is 51.2 Å². The van der Waals surface area contributed by atoms with Gasteiger partial charge in [0, 0.05) is 15.6 Å². The van der Waals surface area contributed by atoms with Crippen LogP contribution in [0, 0.1) is 5.92 Å². The summed E-state index contributed by atoms with van der Waals surface area (Å²) in [7, 11) is 0. The van der Waals surface area contributed by atoms with Crippen molar-refractivity contribution in [3.05, 3.63) is 62.1 Å². The van der Waals surface area contributed by atoms with E-state index in [1.54, 1.807) is 18.2 Å². The first-order valence-corrected chi connectivity index (χ1v) is 8.91. The number of benzene rings is 2. The maximum atomic E-state index is 13.0. The Morgan fingerprint density at radius 2 is 1.58 bits per heavy atom. The number of anilines is 1. The lowest BCUT2D eigenvalue weighted by Crippen LogP contribution is -2.33. The zero-order valence-electron chi connectivity index (χ0n) is 12.7. The molecule has 1 fully saturated rings. The van der Waals surface area contributed by atoms with Gasteiger partial charge in [0.1, 0.15) is 11.6 Å². The van der Waals surface area contributed by atoms with E-state index in [-0.39, 0.29) is 5.69 Å². The van der Waals surface area contributed by atoms with Crippen molar-refractivity contribution in [2.45, 2.75) is 6.10 Å². The Balaban J connectivity index is 1.73. The molecule has 2 amide bonds. The lowest BCUT2D eigenvalue weighted by Gasteiger charge is -2.16. The molecule has 0 unspecified atom stereocenters.